The van der Waals surface area contributed by atoms with E-state index in [0.29, 0.717) is 0 Å². The van der Waals surface area contributed by atoms with Crippen molar-refractivity contribution in [1.82, 2.24) is 14.8 Å². The molecule has 0 saturated heterocycles. The molecule has 0 saturated carbocycles. The van der Waals surface area contributed by atoms with Crippen LogP contribution in [0.4, 0.5) is 5.95 Å². The number of benzene rings is 2. The van der Waals surface area contributed by atoms with Crippen molar-refractivity contribution in [3.05, 3.63) is 64.4 Å². The molecule has 0 fully saturated rings. The van der Waals surface area contributed by atoms with Gasteiger partial charge in [0, 0.05) is 4.47 Å². The van der Waals surface area contributed by atoms with E-state index in [0.717, 1.165) is 33.9 Å². The fourth-order valence-corrected chi connectivity index (χ4v) is 3.70. The largest absolute Gasteiger partial charge is 0.454 e. The third kappa shape index (κ3) is 2.55. The molecule has 2 aromatic carbocycles. The standard InChI is InChI=1S/C18H15BrN4O2/c19-13-4-1-11(2-5-13)14-8-15(23-18(22-14)20-9-21-23)12-3-6-16-17(7-12)25-10-24-16/h1-7,9,14-15H,8,10H2,(H,20,21,22)/t14-,15+/m1/s1. The molecule has 1 N–H and O–H groups in total. The summed E-state index contributed by atoms with van der Waals surface area (Å²) in [6, 6.07) is 14.7. The van der Waals surface area contributed by atoms with Gasteiger partial charge in [0.2, 0.25) is 12.7 Å². The third-order valence-corrected chi connectivity index (χ3v) is 5.21. The van der Waals surface area contributed by atoms with Crippen LogP contribution in [-0.2, 0) is 0 Å². The second-order valence-corrected chi connectivity index (χ2v) is 7.06. The van der Waals surface area contributed by atoms with Gasteiger partial charge in [0.15, 0.2) is 11.5 Å². The second kappa shape index (κ2) is 5.77. The molecule has 3 heterocycles. The number of hydrogen-bond donors (Lipinski definition) is 1. The van der Waals surface area contributed by atoms with Crippen LogP contribution in [0, 0.1) is 0 Å². The van der Waals surface area contributed by atoms with Crippen molar-refractivity contribution in [1.29, 1.82) is 0 Å². The topological polar surface area (TPSA) is 61.2 Å². The summed E-state index contributed by atoms with van der Waals surface area (Å²) in [5.41, 5.74) is 2.36. The highest BCUT2D eigenvalue weighted by molar-refractivity contribution is 9.10. The maximum absolute atomic E-state index is 5.54. The minimum absolute atomic E-state index is 0.0851. The Morgan fingerprint density at radius 1 is 1.04 bits per heavy atom. The molecule has 6 nitrogen and oxygen atoms in total. The van der Waals surface area contributed by atoms with E-state index in [1.54, 1.807) is 6.33 Å². The normalized spacial score (nSPS) is 20.8. The molecular weight excluding hydrogens is 384 g/mol. The Kier molecular flexibility index (Phi) is 3.41. The summed E-state index contributed by atoms with van der Waals surface area (Å²) >= 11 is 3.49. The molecule has 2 aliphatic rings. The van der Waals surface area contributed by atoms with E-state index in [-0.39, 0.29) is 18.9 Å². The smallest absolute Gasteiger partial charge is 0.231 e. The summed E-state index contributed by atoms with van der Waals surface area (Å²) in [5, 5.41) is 7.90. The lowest BCUT2D eigenvalue weighted by molar-refractivity contribution is 0.174. The Balaban J connectivity index is 1.53. The third-order valence-electron chi connectivity index (χ3n) is 4.68. The summed E-state index contributed by atoms with van der Waals surface area (Å²) in [6.07, 6.45) is 2.46. The molecule has 0 amide bonds. The lowest BCUT2D eigenvalue weighted by Gasteiger charge is -2.32. The van der Waals surface area contributed by atoms with Crippen LogP contribution in [0.3, 0.4) is 0 Å². The first-order valence-electron chi connectivity index (χ1n) is 8.09. The van der Waals surface area contributed by atoms with Crippen LogP contribution in [0.5, 0.6) is 11.5 Å². The number of fused-ring (bicyclic) bond motifs is 2. The lowest BCUT2D eigenvalue weighted by Crippen LogP contribution is -2.28. The summed E-state index contributed by atoms with van der Waals surface area (Å²) in [7, 11) is 0. The molecule has 0 spiro atoms. The van der Waals surface area contributed by atoms with Gasteiger partial charge in [-0.2, -0.15) is 10.1 Å². The van der Waals surface area contributed by atoms with Gasteiger partial charge in [0.05, 0.1) is 12.1 Å². The van der Waals surface area contributed by atoms with E-state index in [9.17, 15) is 0 Å². The molecular formula is C18H15BrN4O2. The lowest BCUT2D eigenvalue weighted by atomic mass is 9.93. The molecule has 7 heteroatoms. The molecule has 0 aliphatic carbocycles. The Morgan fingerprint density at radius 3 is 2.72 bits per heavy atom. The van der Waals surface area contributed by atoms with Crippen molar-refractivity contribution in [2.75, 3.05) is 12.1 Å². The number of aromatic nitrogens is 3. The highest BCUT2D eigenvalue weighted by Crippen LogP contribution is 2.41. The van der Waals surface area contributed by atoms with Gasteiger partial charge in [-0.3, -0.25) is 0 Å². The summed E-state index contributed by atoms with van der Waals surface area (Å²) in [6.45, 7) is 0.279. The molecule has 2 aliphatic heterocycles. The zero-order valence-corrected chi connectivity index (χ0v) is 14.8. The van der Waals surface area contributed by atoms with Gasteiger partial charge in [-0.1, -0.05) is 34.1 Å². The van der Waals surface area contributed by atoms with Crippen molar-refractivity contribution in [3.63, 3.8) is 0 Å². The second-order valence-electron chi connectivity index (χ2n) is 6.14. The highest BCUT2D eigenvalue weighted by Gasteiger charge is 2.30. The number of hydrogen-bond acceptors (Lipinski definition) is 5. The number of ether oxygens (including phenoxy) is 2. The Hall–Kier alpha value is -2.54. The van der Waals surface area contributed by atoms with E-state index in [2.05, 4.69) is 61.7 Å². The van der Waals surface area contributed by atoms with E-state index >= 15 is 0 Å². The average molecular weight is 399 g/mol. The molecule has 126 valence electrons. The summed E-state index contributed by atoms with van der Waals surface area (Å²) in [4.78, 5) is 4.37. The van der Waals surface area contributed by atoms with Crippen LogP contribution in [-0.4, -0.2) is 21.6 Å². The molecule has 0 bridgehead atoms. The van der Waals surface area contributed by atoms with Gasteiger partial charge in [-0.05, 0) is 41.8 Å². The molecule has 5 rings (SSSR count). The van der Waals surface area contributed by atoms with Gasteiger partial charge in [0.25, 0.3) is 0 Å². The minimum atomic E-state index is 0.0851. The molecule has 2 atom stereocenters. The SMILES string of the molecule is Brc1ccc([C@H]2C[C@@H](c3ccc4c(c3)OCO4)n3ncnc3N2)cc1. The summed E-state index contributed by atoms with van der Waals surface area (Å²) < 4.78 is 14.0. The van der Waals surface area contributed by atoms with E-state index in [1.165, 1.54) is 5.56 Å². The first kappa shape index (κ1) is 14.8. The van der Waals surface area contributed by atoms with Crippen LogP contribution in [0.15, 0.2) is 53.3 Å². The predicted molar refractivity (Wildman–Crippen MR) is 95.8 cm³/mol. The van der Waals surface area contributed by atoms with Gasteiger partial charge >= 0.3 is 0 Å². The number of halogens is 1. The maximum atomic E-state index is 5.54. The van der Waals surface area contributed by atoms with Crippen molar-refractivity contribution in [3.8, 4) is 11.5 Å². The summed E-state index contributed by atoms with van der Waals surface area (Å²) in [5.74, 6) is 2.36. The highest BCUT2D eigenvalue weighted by atomic mass is 79.9. The molecule has 0 unspecified atom stereocenters. The molecule has 25 heavy (non-hydrogen) atoms. The number of anilines is 1. The van der Waals surface area contributed by atoms with Crippen LogP contribution in [0.1, 0.15) is 29.6 Å². The van der Waals surface area contributed by atoms with Crippen molar-refractivity contribution in [2.24, 2.45) is 0 Å². The maximum Gasteiger partial charge on any atom is 0.231 e. The van der Waals surface area contributed by atoms with Crippen LogP contribution < -0.4 is 14.8 Å². The quantitative estimate of drug-likeness (QED) is 0.708. The monoisotopic (exact) mass is 398 g/mol. The first-order valence-corrected chi connectivity index (χ1v) is 8.88. The zero-order chi connectivity index (χ0) is 16.8. The number of rotatable bonds is 2. The Labute approximate surface area is 152 Å². The minimum Gasteiger partial charge on any atom is -0.454 e. The van der Waals surface area contributed by atoms with Gasteiger partial charge < -0.3 is 14.8 Å². The van der Waals surface area contributed by atoms with E-state index in [1.807, 2.05) is 16.8 Å². The van der Waals surface area contributed by atoms with Gasteiger partial charge in [-0.15, -0.1) is 0 Å². The fourth-order valence-electron chi connectivity index (χ4n) is 3.43. The van der Waals surface area contributed by atoms with Crippen LogP contribution in [0.2, 0.25) is 0 Å². The van der Waals surface area contributed by atoms with Gasteiger partial charge in [0.1, 0.15) is 6.33 Å². The van der Waals surface area contributed by atoms with E-state index < -0.39 is 0 Å². The van der Waals surface area contributed by atoms with Crippen molar-refractivity contribution >= 4 is 21.9 Å². The first-order chi connectivity index (χ1) is 12.3. The Morgan fingerprint density at radius 2 is 1.84 bits per heavy atom. The molecule has 1 aromatic heterocycles. The average Bonchev–Trinajstić information content (AvgIpc) is 3.29. The van der Waals surface area contributed by atoms with Crippen molar-refractivity contribution in [2.45, 2.75) is 18.5 Å². The number of nitrogens with one attached hydrogen (secondary N) is 1. The van der Waals surface area contributed by atoms with E-state index in [4.69, 9.17) is 9.47 Å². The molecule has 3 aromatic rings. The van der Waals surface area contributed by atoms with Crippen molar-refractivity contribution < 1.29 is 9.47 Å². The Bertz CT molecular complexity index is 925. The zero-order valence-electron chi connectivity index (χ0n) is 13.2. The number of nitrogens with zero attached hydrogens (tertiary/aromatic N) is 3. The van der Waals surface area contributed by atoms with Gasteiger partial charge in [-0.25, -0.2) is 4.68 Å². The molecule has 0 radical (unpaired) electrons. The predicted octanol–water partition coefficient (Wildman–Crippen LogP) is 3.92. The van der Waals surface area contributed by atoms with Crippen LogP contribution in [0.25, 0.3) is 0 Å². The fraction of sp³-hybridized carbons (Fsp3) is 0.222. The van der Waals surface area contributed by atoms with Crippen LogP contribution >= 0.6 is 15.9 Å².